The second-order valence-corrected chi connectivity index (χ2v) is 6.69. The summed E-state index contributed by atoms with van der Waals surface area (Å²) in [5.74, 6) is 1.65. The van der Waals surface area contributed by atoms with Crippen LogP contribution in [0.2, 0.25) is 0 Å². The number of hydrogen-bond acceptors (Lipinski definition) is 6. The molecule has 0 aromatic carbocycles. The summed E-state index contributed by atoms with van der Waals surface area (Å²) in [5, 5.41) is 0. The van der Waals surface area contributed by atoms with Gasteiger partial charge in [-0.15, -0.1) is 0 Å². The molecule has 130 valence electrons. The summed E-state index contributed by atoms with van der Waals surface area (Å²) in [7, 11) is 0. The maximum Gasteiger partial charge on any atom is 0.274 e. The van der Waals surface area contributed by atoms with E-state index in [2.05, 4.69) is 19.9 Å². The summed E-state index contributed by atoms with van der Waals surface area (Å²) in [5.41, 5.74) is 1.50. The van der Waals surface area contributed by atoms with Gasteiger partial charge in [0.2, 0.25) is 5.88 Å². The third-order valence-electron chi connectivity index (χ3n) is 4.81. The van der Waals surface area contributed by atoms with E-state index in [-0.39, 0.29) is 5.91 Å². The van der Waals surface area contributed by atoms with Gasteiger partial charge < -0.3 is 9.64 Å². The molecule has 2 fully saturated rings. The lowest BCUT2D eigenvalue weighted by molar-refractivity contribution is 0.0653. The normalized spacial score (nSPS) is 18.2. The molecule has 0 unspecified atom stereocenters. The lowest BCUT2D eigenvalue weighted by Gasteiger charge is -2.31. The number of piperidine rings is 1. The SMILES string of the molecule is O=C(c1cnccn1)N1CCC(COc2cc(C3CC3)ncn2)CC1. The number of nitrogens with zero attached hydrogens (tertiary/aromatic N) is 5. The Morgan fingerprint density at radius 2 is 1.96 bits per heavy atom. The van der Waals surface area contributed by atoms with E-state index in [1.54, 1.807) is 18.7 Å². The molecule has 0 spiro atoms. The van der Waals surface area contributed by atoms with Crippen LogP contribution in [0.15, 0.2) is 31.0 Å². The molecule has 1 amide bonds. The standard InChI is InChI=1S/C18H21N5O2/c24-18(16-10-19-5-6-20-16)23-7-3-13(4-8-23)11-25-17-9-15(14-1-2-14)21-12-22-17/h5-6,9-10,12-14H,1-4,7-8,11H2. The Bertz CT molecular complexity index is 727. The van der Waals surface area contributed by atoms with Gasteiger partial charge >= 0.3 is 0 Å². The van der Waals surface area contributed by atoms with Crippen LogP contribution in [0.5, 0.6) is 5.88 Å². The third kappa shape index (κ3) is 3.92. The number of carbonyl (C=O) groups excluding carboxylic acids is 1. The molecule has 0 bridgehead atoms. The van der Waals surface area contributed by atoms with E-state index in [9.17, 15) is 4.79 Å². The second-order valence-electron chi connectivity index (χ2n) is 6.69. The van der Waals surface area contributed by atoms with Crippen molar-refractivity contribution in [1.29, 1.82) is 0 Å². The summed E-state index contributed by atoms with van der Waals surface area (Å²) in [6, 6.07) is 1.96. The van der Waals surface area contributed by atoms with Gasteiger partial charge in [-0.3, -0.25) is 9.78 Å². The topological polar surface area (TPSA) is 81.1 Å². The van der Waals surface area contributed by atoms with Gasteiger partial charge in [0.15, 0.2) is 0 Å². The smallest absolute Gasteiger partial charge is 0.274 e. The highest BCUT2D eigenvalue weighted by atomic mass is 16.5. The molecule has 0 N–H and O–H groups in total. The summed E-state index contributed by atoms with van der Waals surface area (Å²) in [4.78, 5) is 30.8. The van der Waals surface area contributed by atoms with Crippen molar-refractivity contribution in [2.45, 2.75) is 31.6 Å². The van der Waals surface area contributed by atoms with Crippen LogP contribution in [0.25, 0.3) is 0 Å². The largest absolute Gasteiger partial charge is 0.477 e. The lowest BCUT2D eigenvalue weighted by Crippen LogP contribution is -2.40. The van der Waals surface area contributed by atoms with Gasteiger partial charge in [-0.05, 0) is 31.6 Å². The lowest BCUT2D eigenvalue weighted by atomic mass is 9.97. The highest BCUT2D eigenvalue weighted by molar-refractivity contribution is 5.91. The van der Waals surface area contributed by atoms with E-state index in [1.807, 2.05) is 11.0 Å². The highest BCUT2D eigenvalue weighted by Crippen LogP contribution is 2.39. The molecule has 2 aromatic rings. The molecule has 25 heavy (non-hydrogen) atoms. The Labute approximate surface area is 146 Å². The highest BCUT2D eigenvalue weighted by Gasteiger charge is 2.26. The molecule has 1 saturated heterocycles. The maximum absolute atomic E-state index is 12.4. The summed E-state index contributed by atoms with van der Waals surface area (Å²) in [6.45, 7) is 2.08. The van der Waals surface area contributed by atoms with Gasteiger partial charge in [0, 0.05) is 37.5 Å². The average molecular weight is 339 g/mol. The van der Waals surface area contributed by atoms with Crippen LogP contribution in [0.3, 0.4) is 0 Å². The van der Waals surface area contributed by atoms with Crippen molar-refractivity contribution in [1.82, 2.24) is 24.8 Å². The van der Waals surface area contributed by atoms with Crippen LogP contribution in [0, 0.1) is 5.92 Å². The van der Waals surface area contributed by atoms with Crippen LogP contribution >= 0.6 is 0 Å². The fourth-order valence-electron chi connectivity index (χ4n) is 3.11. The zero-order valence-electron chi connectivity index (χ0n) is 14.0. The number of ether oxygens (including phenoxy) is 1. The zero-order chi connectivity index (χ0) is 17.1. The maximum atomic E-state index is 12.4. The minimum absolute atomic E-state index is 0.0441. The van der Waals surface area contributed by atoms with Gasteiger partial charge in [-0.2, -0.15) is 0 Å². The molecule has 4 rings (SSSR count). The fraction of sp³-hybridized carbons (Fsp3) is 0.500. The van der Waals surface area contributed by atoms with Crippen molar-refractivity contribution in [2.24, 2.45) is 5.92 Å². The van der Waals surface area contributed by atoms with Crippen LogP contribution in [-0.4, -0.2) is 50.4 Å². The van der Waals surface area contributed by atoms with Crippen LogP contribution in [0.1, 0.15) is 47.8 Å². The molecule has 7 heteroatoms. The number of aromatic nitrogens is 4. The summed E-state index contributed by atoms with van der Waals surface area (Å²) < 4.78 is 5.87. The van der Waals surface area contributed by atoms with Crippen molar-refractivity contribution >= 4 is 5.91 Å². The molecule has 2 aliphatic rings. The van der Waals surface area contributed by atoms with E-state index in [4.69, 9.17) is 4.74 Å². The third-order valence-corrected chi connectivity index (χ3v) is 4.81. The van der Waals surface area contributed by atoms with Crippen LogP contribution < -0.4 is 4.74 Å². The molecule has 2 aromatic heterocycles. The number of likely N-dealkylation sites (tertiary alicyclic amines) is 1. The molecular weight excluding hydrogens is 318 g/mol. The Morgan fingerprint density at radius 3 is 2.68 bits per heavy atom. The molecule has 3 heterocycles. The molecular formula is C18H21N5O2. The minimum Gasteiger partial charge on any atom is -0.477 e. The number of hydrogen-bond donors (Lipinski definition) is 0. The van der Waals surface area contributed by atoms with Gasteiger partial charge in [0.25, 0.3) is 5.91 Å². The Kier molecular flexibility index (Phi) is 4.54. The summed E-state index contributed by atoms with van der Waals surface area (Å²) in [6.07, 6.45) is 10.5. The first-order chi connectivity index (χ1) is 12.3. The van der Waals surface area contributed by atoms with Gasteiger partial charge in [-0.1, -0.05) is 0 Å². The van der Waals surface area contributed by atoms with E-state index in [0.29, 0.717) is 30.0 Å². The minimum atomic E-state index is -0.0441. The zero-order valence-corrected chi connectivity index (χ0v) is 14.0. The molecule has 1 aliphatic carbocycles. The van der Waals surface area contributed by atoms with E-state index in [0.717, 1.165) is 31.6 Å². The van der Waals surface area contributed by atoms with E-state index < -0.39 is 0 Å². The van der Waals surface area contributed by atoms with E-state index in [1.165, 1.54) is 19.0 Å². The Balaban J connectivity index is 1.26. The molecule has 0 radical (unpaired) electrons. The van der Waals surface area contributed by atoms with Crippen LogP contribution in [0.4, 0.5) is 0 Å². The Morgan fingerprint density at radius 1 is 1.12 bits per heavy atom. The first-order valence-corrected chi connectivity index (χ1v) is 8.79. The number of carbonyl (C=O) groups is 1. The first-order valence-electron chi connectivity index (χ1n) is 8.79. The van der Waals surface area contributed by atoms with Gasteiger partial charge in [0.05, 0.1) is 18.5 Å². The second kappa shape index (κ2) is 7.13. The Hall–Kier alpha value is -2.57. The van der Waals surface area contributed by atoms with Crippen molar-refractivity contribution in [2.75, 3.05) is 19.7 Å². The first kappa shape index (κ1) is 15.9. The van der Waals surface area contributed by atoms with E-state index >= 15 is 0 Å². The molecule has 0 atom stereocenters. The molecule has 1 aliphatic heterocycles. The number of rotatable bonds is 5. The van der Waals surface area contributed by atoms with Crippen molar-refractivity contribution < 1.29 is 9.53 Å². The van der Waals surface area contributed by atoms with Gasteiger partial charge in [0.1, 0.15) is 12.0 Å². The fourth-order valence-corrected chi connectivity index (χ4v) is 3.11. The van der Waals surface area contributed by atoms with Crippen molar-refractivity contribution in [3.05, 3.63) is 42.4 Å². The predicted molar refractivity (Wildman–Crippen MR) is 90.2 cm³/mol. The molecule has 7 nitrogen and oxygen atoms in total. The predicted octanol–water partition coefficient (Wildman–Crippen LogP) is 2.08. The average Bonchev–Trinajstić information content (AvgIpc) is 3.52. The van der Waals surface area contributed by atoms with Crippen molar-refractivity contribution in [3.8, 4) is 5.88 Å². The van der Waals surface area contributed by atoms with Crippen LogP contribution in [-0.2, 0) is 0 Å². The number of amides is 1. The quantitative estimate of drug-likeness (QED) is 0.829. The summed E-state index contributed by atoms with van der Waals surface area (Å²) >= 11 is 0. The monoisotopic (exact) mass is 339 g/mol. The van der Waals surface area contributed by atoms with Gasteiger partial charge in [-0.25, -0.2) is 15.0 Å². The van der Waals surface area contributed by atoms with Crippen molar-refractivity contribution in [3.63, 3.8) is 0 Å². The molecule has 1 saturated carbocycles.